The molecule has 0 atom stereocenters. The zero-order valence-electron chi connectivity index (χ0n) is 14.3. The molecule has 2 heterocycles. The van der Waals surface area contributed by atoms with Crippen LogP contribution < -0.4 is 10.9 Å². The van der Waals surface area contributed by atoms with E-state index in [1.807, 2.05) is 44.9 Å². The number of rotatable bonds is 5. The molecular formula is C16H24N4O2S. The molecule has 2 aromatic rings. The third-order valence-corrected chi connectivity index (χ3v) is 4.29. The minimum Gasteiger partial charge on any atom is -0.350 e. The van der Waals surface area contributed by atoms with E-state index in [1.165, 1.54) is 11.3 Å². The second kappa shape index (κ2) is 6.80. The summed E-state index contributed by atoms with van der Waals surface area (Å²) in [6.45, 7) is 11.2. The van der Waals surface area contributed by atoms with Crippen molar-refractivity contribution in [3.8, 4) is 0 Å². The van der Waals surface area contributed by atoms with Crippen LogP contribution in [0.5, 0.6) is 0 Å². The summed E-state index contributed by atoms with van der Waals surface area (Å²) < 4.78 is 1.61. The Kier molecular flexibility index (Phi) is 5.21. The molecule has 2 aromatic heterocycles. The first-order valence-electron chi connectivity index (χ1n) is 7.70. The lowest BCUT2D eigenvalue weighted by molar-refractivity contribution is -0.123. The molecule has 126 valence electrons. The molecule has 0 aliphatic carbocycles. The van der Waals surface area contributed by atoms with Crippen LogP contribution in [0.2, 0.25) is 0 Å². The molecule has 0 radical (unpaired) electrons. The summed E-state index contributed by atoms with van der Waals surface area (Å²) in [5.74, 6) is -0.0240. The summed E-state index contributed by atoms with van der Waals surface area (Å²) in [5.41, 5.74) is 1.27. The van der Waals surface area contributed by atoms with E-state index in [0.717, 1.165) is 5.69 Å². The van der Waals surface area contributed by atoms with Crippen molar-refractivity contribution in [2.45, 2.75) is 46.7 Å². The van der Waals surface area contributed by atoms with Gasteiger partial charge in [0.05, 0.1) is 12.2 Å². The summed E-state index contributed by atoms with van der Waals surface area (Å²) in [4.78, 5) is 31.5. The van der Waals surface area contributed by atoms with Gasteiger partial charge in [0.15, 0.2) is 4.96 Å². The number of aromatic nitrogens is 2. The number of hydrogen-bond donors (Lipinski definition) is 1. The number of fused-ring (bicyclic) bond motifs is 1. The molecule has 0 aromatic carbocycles. The molecule has 2 rings (SSSR count). The van der Waals surface area contributed by atoms with Gasteiger partial charge in [0.2, 0.25) is 5.91 Å². The van der Waals surface area contributed by atoms with Gasteiger partial charge in [0, 0.05) is 29.2 Å². The number of aryl methyl sites for hydroxylation is 1. The maximum Gasteiger partial charge on any atom is 0.259 e. The first-order chi connectivity index (χ1) is 10.7. The number of likely N-dealkylation sites (N-methyl/N-ethyl adjacent to an activating group) is 1. The topological polar surface area (TPSA) is 66.7 Å². The fourth-order valence-corrected chi connectivity index (χ4v) is 3.24. The summed E-state index contributed by atoms with van der Waals surface area (Å²) in [6.07, 6.45) is 0. The molecule has 0 unspecified atom stereocenters. The van der Waals surface area contributed by atoms with Gasteiger partial charge >= 0.3 is 0 Å². The summed E-state index contributed by atoms with van der Waals surface area (Å²) in [5, 5.41) is 4.87. The zero-order valence-corrected chi connectivity index (χ0v) is 15.2. The van der Waals surface area contributed by atoms with E-state index in [2.05, 4.69) is 10.3 Å². The Bertz CT molecular complexity index is 758. The SMILES string of the molecule is CCN(CC(=O)NC(C)(C)C)Cc1cc(=O)n2c(C)csc2n1. The van der Waals surface area contributed by atoms with Gasteiger partial charge < -0.3 is 5.32 Å². The molecule has 0 saturated carbocycles. The van der Waals surface area contributed by atoms with E-state index in [1.54, 1.807) is 10.5 Å². The van der Waals surface area contributed by atoms with Gasteiger partial charge in [-0.1, -0.05) is 6.92 Å². The Labute approximate surface area is 140 Å². The Morgan fingerprint density at radius 2 is 2.13 bits per heavy atom. The highest BCUT2D eigenvalue weighted by molar-refractivity contribution is 7.15. The number of carbonyl (C=O) groups excluding carboxylic acids is 1. The fraction of sp³-hybridized carbons (Fsp3) is 0.562. The minimum absolute atomic E-state index is 0.0240. The summed E-state index contributed by atoms with van der Waals surface area (Å²) in [7, 11) is 0. The van der Waals surface area contributed by atoms with Crippen molar-refractivity contribution in [3.05, 3.63) is 33.2 Å². The predicted octanol–water partition coefficient (Wildman–Crippen LogP) is 1.80. The highest BCUT2D eigenvalue weighted by atomic mass is 32.1. The van der Waals surface area contributed by atoms with Crippen LogP contribution in [0.1, 0.15) is 39.1 Å². The lowest BCUT2D eigenvalue weighted by atomic mass is 10.1. The highest BCUT2D eigenvalue weighted by Gasteiger charge is 2.17. The van der Waals surface area contributed by atoms with Crippen LogP contribution in [-0.4, -0.2) is 38.8 Å². The van der Waals surface area contributed by atoms with Crippen molar-refractivity contribution in [1.82, 2.24) is 19.6 Å². The van der Waals surface area contributed by atoms with E-state index in [0.29, 0.717) is 23.7 Å². The standard InChI is InChI=1S/C16H24N4O2S/c1-6-19(9-13(21)18-16(3,4)5)8-12-7-14(22)20-11(2)10-23-15(20)17-12/h7,10H,6,8-9H2,1-5H3,(H,18,21). The van der Waals surface area contributed by atoms with Gasteiger partial charge in [-0.2, -0.15) is 0 Å². The van der Waals surface area contributed by atoms with Crippen LogP contribution >= 0.6 is 11.3 Å². The van der Waals surface area contributed by atoms with Crippen LogP contribution in [0.25, 0.3) is 4.96 Å². The van der Waals surface area contributed by atoms with Gasteiger partial charge in [0.1, 0.15) is 0 Å². The van der Waals surface area contributed by atoms with E-state index < -0.39 is 0 Å². The monoisotopic (exact) mass is 336 g/mol. The normalized spacial score (nSPS) is 12.1. The van der Waals surface area contributed by atoms with Crippen molar-refractivity contribution in [1.29, 1.82) is 0 Å². The average Bonchev–Trinajstić information content (AvgIpc) is 2.77. The van der Waals surface area contributed by atoms with Crippen molar-refractivity contribution >= 4 is 22.2 Å². The quantitative estimate of drug-likeness (QED) is 0.904. The number of amides is 1. The van der Waals surface area contributed by atoms with Gasteiger partial charge in [-0.25, -0.2) is 4.98 Å². The molecular weight excluding hydrogens is 312 g/mol. The Hall–Kier alpha value is -1.73. The van der Waals surface area contributed by atoms with Gasteiger partial charge in [-0.05, 0) is 34.2 Å². The smallest absolute Gasteiger partial charge is 0.259 e. The van der Waals surface area contributed by atoms with E-state index >= 15 is 0 Å². The number of thiazole rings is 1. The maximum absolute atomic E-state index is 12.2. The molecule has 0 bridgehead atoms. The molecule has 0 aliphatic heterocycles. The number of nitrogens with one attached hydrogen (secondary N) is 1. The Balaban J connectivity index is 2.13. The van der Waals surface area contributed by atoms with Crippen molar-refractivity contribution < 1.29 is 4.79 Å². The molecule has 0 spiro atoms. The first kappa shape index (κ1) is 17.6. The maximum atomic E-state index is 12.2. The molecule has 0 aliphatic rings. The third-order valence-electron chi connectivity index (χ3n) is 3.34. The molecule has 1 amide bonds. The van der Waals surface area contributed by atoms with E-state index in [-0.39, 0.29) is 23.6 Å². The van der Waals surface area contributed by atoms with Crippen LogP contribution in [0, 0.1) is 6.92 Å². The van der Waals surface area contributed by atoms with Crippen molar-refractivity contribution in [2.75, 3.05) is 13.1 Å². The molecule has 0 fully saturated rings. The molecule has 7 heteroatoms. The third kappa shape index (κ3) is 4.62. The number of hydrogen-bond acceptors (Lipinski definition) is 5. The first-order valence-corrected chi connectivity index (χ1v) is 8.57. The zero-order chi connectivity index (χ0) is 17.2. The van der Waals surface area contributed by atoms with Gasteiger partial charge in [0.25, 0.3) is 5.56 Å². The largest absolute Gasteiger partial charge is 0.350 e. The van der Waals surface area contributed by atoms with E-state index in [4.69, 9.17) is 0 Å². The van der Waals surface area contributed by atoms with E-state index in [9.17, 15) is 9.59 Å². The van der Waals surface area contributed by atoms with Gasteiger partial charge in [-0.15, -0.1) is 11.3 Å². The highest BCUT2D eigenvalue weighted by Crippen LogP contribution is 2.12. The minimum atomic E-state index is -0.249. The van der Waals surface area contributed by atoms with Crippen LogP contribution in [0.15, 0.2) is 16.2 Å². The Morgan fingerprint density at radius 3 is 2.74 bits per heavy atom. The van der Waals surface area contributed by atoms with Crippen LogP contribution in [-0.2, 0) is 11.3 Å². The lowest BCUT2D eigenvalue weighted by Gasteiger charge is -2.24. The fourth-order valence-electron chi connectivity index (χ4n) is 2.35. The summed E-state index contributed by atoms with van der Waals surface area (Å²) in [6, 6.07) is 1.55. The average molecular weight is 336 g/mol. The molecule has 0 saturated heterocycles. The Morgan fingerprint density at radius 1 is 1.43 bits per heavy atom. The molecule has 23 heavy (non-hydrogen) atoms. The predicted molar refractivity (Wildman–Crippen MR) is 92.9 cm³/mol. The number of carbonyl (C=O) groups is 1. The lowest BCUT2D eigenvalue weighted by Crippen LogP contribution is -2.45. The molecule has 1 N–H and O–H groups in total. The van der Waals surface area contributed by atoms with Crippen LogP contribution in [0.4, 0.5) is 0 Å². The molecule has 6 nitrogen and oxygen atoms in total. The second-order valence-corrected chi connectivity index (χ2v) is 7.52. The van der Waals surface area contributed by atoms with Gasteiger partial charge in [-0.3, -0.25) is 18.9 Å². The van der Waals surface area contributed by atoms with Crippen LogP contribution in [0.3, 0.4) is 0 Å². The second-order valence-electron chi connectivity index (χ2n) is 6.68. The number of nitrogens with zero attached hydrogens (tertiary/aromatic N) is 3. The van der Waals surface area contributed by atoms with Crippen molar-refractivity contribution in [2.24, 2.45) is 0 Å². The summed E-state index contributed by atoms with van der Waals surface area (Å²) >= 11 is 1.45. The van der Waals surface area contributed by atoms with Crippen molar-refractivity contribution in [3.63, 3.8) is 0 Å².